The first-order valence-electron chi connectivity index (χ1n) is 9.36. The van der Waals surface area contributed by atoms with E-state index in [2.05, 4.69) is 5.32 Å². The van der Waals surface area contributed by atoms with Gasteiger partial charge >= 0.3 is 0 Å². The summed E-state index contributed by atoms with van der Waals surface area (Å²) >= 11 is 0. The van der Waals surface area contributed by atoms with Gasteiger partial charge in [-0.3, -0.25) is 4.79 Å². The van der Waals surface area contributed by atoms with E-state index >= 15 is 0 Å². The zero-order valence-corrected chi connectivity index (χ0v) is 16.9. The zero-order valence-electron chi connectivity index (χ0n) is 16.1. The average Bonchev–Trinajstić information content (AvgIpc) is 3.20. The lowest BCUT2D eigenvalue weighted by Gasteiger charge is -2.25. The Kier molecular flexibility index (Phi) is 5.29. The van der Waals surface area contributed by atoms with E-state index in [0.717, 1.165) is 11.1 Å². The van der Waals surface area contributed by atoms with Crippen molar-refractivity contribution in [3.05, 3.63) is 65.2 Å². The van der Waals surface area contributed by atoms with Gasteiger partial charge in [0.05, 0.1) is 4.90 Å². The molecule has 0 aliphatic carbocycles. The molecule has 0 aromatic heterocycles. The maximum absolute atomic E-state index is 12.8. The molecule has 0 atom stereocenters. The molecule has 1 amide bonds. The van der Waals surface area contributed by atoms with Gasteiger partial charge in [0.25, 0.3) is 0 Å². The topological polar surface area (TPSA) is 84.9 Å². The van der Waals surface area contributed by atoms with Crippen LogP contribution in [0.5, 0.6) is 11.5 Å². The number of nitrogens with one attached hydrogen (secondary N) is 1. The first-order valence-corrected chi connectivity index (χ1v) is 10.8. The Morgan fingerprint density at radius 3 is 2.59 bits per heavy atom. The minimum absolute atomic E-state index is 0.184. The van der Waals surface area contributed by atoms with Crippen molar-refractivity contribution in [3.63, 3.8) is 0 Å². The van der Waals surface area contributed by atoms with E-state index in [1.54, 1.807) is 30.3 Å². The van der Waals surface area contributed by atoms with Crippen molar-refractivity contribution in [2.45, 2.75) is 24.8 Å². The molecule has 1 N–H and O–H groups in total. The standard InChI is InChI=1S/C21H22N2O5S/c1-15-2-5-18(6-3-15)29(25,26)23-10-8-17(9-11-23)21(24)22-13-16-4-7-19-20(12-16)28-14-27-19/h2-8,12H,9-11,13-14H2,1H3,(H,22,24). The number of carbonyl (C=O) groups is 1. The molecule has 2 aromatic rings. The molecule has 0 radical (unpaired) electrons. The number of sulfonamides is 1. The monoisotopic (exact) mass is 414 g/mol. The Balaban J connectivity index is 1.36. The van der Waals surface area contributed by atoms with E-state index in [0.29, 0.717) is 30.0 Å². The number of hydrogen-bond acceptors (Lipinski definition) is 5. The van der Waals surface area contributed by atoms with Crippen molar-refractivity contribution >= 4 is 15.9 Å². The molecule has 0 saturated heterocycles. The van der Waals surface area contributed by atoms with Gasteiger partial charge < -0.3 is 14.8 Å². The fourth-order valence-electron chi connectivity index (χ4n) is 3.28. The number of rotatable bonds is 5. The van der Waals surface area contributed by atoms with Crippen LogP contribution in [0.15, 0.2) is 59.0 Å². The van der Waals surface area contributed by atoms with Gasteiger partial charge in [0.1, 0.15) is 0 Å². The predicted molar refractivity (Wildman–Crippen MR) is 107 cm³/mol. The summed E-state index contributed by atoms with van der Waals surface area (Å²) in [6.45, 7) is 2.94. The fraction of sp³-hybridized carbons (Fsp3) is 0.286. The summed E-state index contributed by atoms with van der Waals surface area (Å²) < 4.78 is 37.5. The highest BCUT2D eigenvalue weighted by atomic mass is 32.2. The van der Waals surface area contributed by atoms with Crippen LogP contribution in [0, 0.1) is 6.92 Å². The molecule has 0 fully saturated rings. The molecule has 152 valence electrons. The number of hydrogen-bond donors (Lipinski definition) is 1. The molecule has 2 aliphatic rings. The first kappa shape index (κ1) is 19.5. The summed E-state index contributed by atoms with van der Waals surface area (Å²) in [6.07, 6.45) is 2.06. The summed E-state index contributed by atoms with van der Waals surface area (Å²) in [5.41, 5.74) is 2.51. The second kappa shape index (κ2) is 7.88. The quantitative estimate of drug-likeness (QED) is 0.812. The van der Waals surface area contributed by atoms with E-state index in [4.69, 9.17) is 9.47 Å². The van der Waals surface area contributed by atoms with Crippen LogP contribution < -0.4 is 14.8 Å². The van der Waals surface area contributed by atoms with Crippen LogP contribution in [0.25, 0.3) is 0 Å². The molecular formula is C21H22N2O5S. The third-order valence-corrected chi connectivity index (χ3v) is 6.89. The van der Waals surface area contributed by atoms with Crippen LogP contribution in [-0.2, 0) is 21.4 Å². The van der Waals surface area contributed by atoms with Crippen molar-refractivity contribution in [2.75, 3.05) is 19.9 Å². The smallest absolute Gasteiger partial charge is 0.247 e. The van der Waals surface area contributed by atoms with Crippen LogP contribution in [0.4, 0.5) is 0 Å². The summed E-state index contributed by atoms with van der Waals surface area (Å²) in [6, 6.07) is 12.3. The molecule has 0 unspecified atom stereocenters. The molecule has 0 spiro atoms. The summed E-state index contributed by atoms with van der Waals surface area (Å²) in [5, 5.41) is 2.88. The largest absolute Gasteiger partial charge is 0.454 e. The van der Waals surface area contributed by atoms with Gasteiger partial charge in [0.15, 0.2) is 11.5 Å². The van der Waals surface area contributed by atoms with Gasteiger partial charge in [0.2, 0.25) is 22.7 Å². The third kappa shape index (κ3) is 4.13. The Morgan fingerprint density at radius 1 is 1.10 bits per heavy atom. The van der Waals surface area contributed by atoms with E-state index in [9.17, 15) is 13.2 Å². The minimum Gasteiger partial charge on any atom is -0.454 e. The molecular weight excluding hydrogens is 392 g/mol. The van der Waals surface area contributed by atoms with E-state index < -0.39 is 10.0 Å². The number of fused-ring (bicyclic) bond motifs is 1. The highest BCUT2D eigenvalue weighted by Gasteiger charge is 2.27. The van der Waals surface area contributed by atoms with Crippen LogP contribution in [0.2, 0.25) is 0 Å². The van der Waals surface area contributed by atoms with Gasteiger partial charge in [-0.25, -0.2) is 8.42 Å². The minimum atomic E-state index is -3.56. The molecule has 2 aliphatic heterocycles. The number of aryl methyl sites for hydroxylation is 1. The third-order valence-electron chi connectivity index (χ3n) is 5.01. The van der Waals surface area contributed by atoms with Gasteiger partial charge in [-0.15, -0.1) is 0 Å². The van der Waals surface area contributed by atoms with Crippen LogP contribution in [-0.4, -0.2) is 38.5 Å². The zero-order chi connectivity index (χ0) is 20.4. The van der Waals surface area contributed by atoms with Gasteiger partial charge in [0, 0.05) is 25.2 Å². The summed E-state index contributed by atoms with van der Waals surface area (Å²) in [4.78, 5) is 12.7. The second-order valence-electron chi connectivity index (χ2n) is 7.03. The molecule has 7 nitrogen and oxygen atoms in total. The summed E-state index contributed by atoms with van der Waals surface area (Å²) in [5.74, 6) is 1.19. The van der Waals surface area contributed by atoms with Crippen LogP contribution >= 0.6 is 0 Å². The SMILES string of the molecule is Cc1ccc(S(=O)(=O)N2CC=C(C(=O)NCc3ccc4c(c3)OCO4)CC2)cc1. The maximum Gasteiger partial charge on any atom is 0.247 e. The lowest BCUT2D eigenvalue weighted by Crippen LogP contribution is -2.37. The maximum atomic E-state index is 12.8. The molecule has 2 heterocycles. The Hall–Kier alpha value is -2.84. The molecule has 0 bridgehead atoms. The van der Waals surface area contributed by atoms with Gasteiger partial charge in [-0.1, -0.05) is 29.8 Å². The Bertz CT molecular complexity index is 1060. The van der Waals surface area contributed by atoms with Crippen molar-refractivity contribution in [3.8, 4) is 11.5 Å². The highest BCUT2D eigenvalue weighted by molar-refractivity contribution is 7.89. The van der Waals surface area contributed by atoms with Crippen LogP contribution in [0.3, 0.4) is 0 Å². The Labute approximate surface area is 170 Å². The lowest BCUT2D eigenvalue weighted by molar-refractivity contribution is -0.117. The molecule has 8 heteroatoms. The van der Waals surface area contributed by atoms with Crippen molar-refractivity contribution < 1.29 is 22.7 Å². The Morgan fingerprint density at radius 2 is 1.86 bits per heavy atom. The van der Waals surface area contributed by atoms with Crippen molar-refractivity contribution in [2.24, 2.45) is 0 Å². The normalized spacial score (nSPS) is 16.4. The average molecular weight is 414 g/mol. The predicted octanol–water partition coefficient (Wildman–Crippen LogP) is 2.36. The number of benzene rings is 2. The number of nitrogens with zero attached hydrogens (tertiary/aromatic N) is 1. The summed E-state index contributed by atoms with van der Waals surface area (Å²) in [7, 11) is -3.56. The lowest BCUT2D eigenvalue weighted by atomic mass is 10.1. The second-order valence-corrected chi connectivity index (χ2v) is 8.96. The van der Waals surface area contributed by atoms with E-state index in [1.807, 2.05) is 25.1 Å². The van der Waals surface area contributed by atoms with E-state index in [-0.39, 0.29) is 30.7 Å². The van der Waals surface area contributed by atoms with Gasteiger partial charge in [-0.2, -0.15) is 4.31 Å². The molecule has 0 saturated carbocycles. The molecule has 2 aromatic carbocycles. The molecule has 29 heavy (non-hydrogen) atoms. The number of ether oxygens (including phenoxy) is 2. The molecule has 4 rings (SSSR count). The van der Waals surface area contributed by atoms with Crippen molar-refractivity contribution in [1.29, 1.82) is 0 Å². The van der Waals surface area contributed by atoms with Crippen molar-refractivity contribution in [1.82, 2.24) is 9.62 Å². The first-order chi connectivity index (χ1) is 13.9. The van der Waals surface area contributed by atoms with E-state index in [1.165, 1.54) is 4.31 Å². The highest BCUT2D eigenvalue weighted by Crippen LogP contribution is 2.32. The number of carbonyl (C=O) groups excluding carboxylic acids is 1. The van der Waals surface area contributed by atoms with Gasteiger partial charge in [-0.05, 0) is 43.2 Å². The van der Waals surface area contributed by atoms with Crippen LogP contribution in [0.1, 0.15) is 17.5 Å². The number of amides is 1. The fourth-order valence-corrected chi connectivity index (χ4v) is 4.66.